The minimum Gasteiger partial charge on any atom is -0.454 e. The second-order valence-electron chi connectivity index (χ2n) is 8.11. The standard InChI is InChI=1S/C23H25N3O5S2/c1-14(2)26(15(3)4)33(28,29)17-7-8-18-21(12-17)32-23(24-18)25-22(27)10-6-16-5-9-19-20(11-16)31-13-30-19/h5-12,14-15H,13H2,1-4H3,(H,24,25,27). The summed E-state index contributed by atoms with van der Waals surface area (Å²) >= 11 is 1.23. The molecule has 33 heavy (non-hydrogen) atoms. The molecule has 0 saturated carbocycles. The zero-order chi connectivity index (χ0) is 23.8. The fourth-order valence-electron chi connectivity index (χ4n) is 3.73. The van der Waals surface area contributed by atoms with E-state index in [2.05, 4.69) is 10.3 Å². The number of rotatable bonds is 7. The summed E-state index contributed by atoms with van der Waals surface area (Å²) in [5, 5.41) is 3.13. The number of fused-ring (bicyclic) bond motifs is 2. The van der Waals surface area contributed by atoms with Gasteiger partial charge in [0.1, 0.15) is 0 Å². The van der Waals surface area contributed by atoms with Crippen molar-refractivity contribution in [3.05, 3.63) is 48.0 Å². The van der Waals surface area contributed by atoms with Gasteiger partial charge in [0, 0.05) is 18.2 Å². The van der Waals surface area contributed by atoms with Gasteiger partial charge in [-0.2, -0.15) is 4.31 Å². The Balaban J connectivity index is 1.51. The number of anilines is 1. The van der Waals surface area contributed by atoms with E-state index in [4.69, 9.17) is 9.47 Å². The number of hydrogen-bond donors (Lipinski definition) is 1. The molecule has 0 bridgehead atoms. The van der Waals surface area contributed by atoms with E-state index in [0.29, 0.717) is 26.8 Å². The number of nitrogens with one attached hydrogen (secondary N) is 1. The molecule has 0 atom stereocenters. The molecule has 1 aromatic heterocycles. The first-order chi connectivity index (χ1) is 15.6. The number of benzene rings is 2. The summed E-state index contributed by atoms with van der Waals surface area (Å²) in [7, 11) is -3.65. The first-order valence-corrected chi connectivity index (χ1v) is 12.7. The second-order valence-corrected chi connectivity index (χ2v) is 11.0. The summed E-state index contributed by atoms with van der Waals surface area (Å²) in [6.45, 7) is 7.61. The lowest BCUT2D eigenvalue weighted by Gasteiger charge is -2.29. The normalized spacial score (nSPS) is 13.7. The minimum absolute atomic E-state index is 0.168. The van der Waals surface area contributed by atoms with E-state index in [1.807, 2.05) is 33.8 Å². The van der Waals surface area contributed by atoms with E-state index >= 15 is 0 Å². The molecule has 174 valence electrons. The van der Waals surface area contributed by atoms with E-state index in [1.54, 1.807) is 36.4 Å². The van der Waals surface area contributed by atoms with Gasteiger partial charge >= 0.3 is 0 Å². The third-order valence-corrected chi connectivity index (χ3v) is 8.19. The Morgan fingerprint density at radius 2 is 1.82 bits per heavy atom. The smallest absolute Gasteiger partial charge is 0.250 e. The van der Waals surface area contributed by atoms with E-state index in [0.717, 1.165) is 5.56 Å². The molecule has 0 aliphatic carbocycles. The maximum atomic E-state index is 13.1. The predicted molar refractivity (Wildman–Crippen MR) is 129 cm³/mol. The first kappa shape index (κ1) is 23.2. The summed E-state index contributed by atoms with van der Waals surface area (Å²) in [6.07, 6.45) is 3.07. The lowest BCUT2D eigenvalue weighted by Crippen LogP contribution is -2.41. The van der Waals surface area contributed by atoms with Crippen LogP contribution in [0.5, 0.6) is 11.5 Å². The average molecular weight is 488 g/mol. The first-order valence-electron chi connectivity index (χ1n) is 10.5. The molecule has 2 heterocycles. The molecule has 2 aromatic carbocycles. The molecule has 0 fully saturated rings. The van der Waals surface area contributed by atoms with E-state index in [-0.39, 0.29) is 29.7 Å². The second kappa shape index (κ2) is 9.12. The quantitative estimate of drug-likeness (QED) is 0.494. The van der Waals surface area contributed by atoms with Crippen molar-refractivity contribution in [2.75, 3.05) is 12.1 Å². The van der Waals surface area contributed by atoms with Crippen LogP contribution in [0.3, 0.4) is 0 Å². The zero-order valence-electron chi connectivity index (χ0n) is 18.7. The molecule has 1 aliphatic heterocycles. The molecule has 0 spiro atoms. The molecule has 0 saturated heterocycles. The van der Waals surface area contributed by atoms with Crippen LogP contribution in [0.2, 0.25) is 0 Å². The summed E-state index contributed by atoms with van der Waals surface area (Å²) in [5.41, 5.74) is 1.42. The molecule has 0 radical (unpaired) electrons. The molecule has 10 heteroatoms. The predicted octanol–water partition coefficient (Wildman–Crippen LogP) is 4.48. The van der Waals surface area contributed by atoms with Gasteiger partial charge < -0.3 is 9.47 Å². The van der Waals surface area contributed by atoms with Crippen LogP contribution in [-0.2, 0) is 14.8 Å². The van der Waals surface area contributed by atoms with Crippen LogP contribution in [0.15, 0.2) is 47.4 Å². The van der Waals surface area contributed by atoms with E-state index < -0.39 is 10.0 Å². The van der Waals surface area contributed by atoms with E-state index in [9.17, 15) is 13.2 Å². The fourth-order valence-corrected chi connectivity index (χ4v) is 6.57. The third kappa shape index (κ3) is 4.87. The van der Waals surface area contributed by atoms with Crippen LogP contribution in [-0.4, -0.2) is 42.5 Å². The van der Waals surface area contributed by atoms with Gasteiger partial charge in [0.15, 0.2) is 16.6 Å². The van der Waals surface area contributed by atoms with Crippen LogP contribution in [0.25, 0.3) is 16.3 Å². The van der Waals surface area contributed by atoms with Gasteiger partial charge in [-0.3, -0.25) is 10.1 Å². The van der Waals surface area contributed by atoms with Crippen LogP contribution < -0.4 is 14.8 Å². The number of amides is 1. The van der Waals surface area contributed by atoms with Gasteiger partial charge in [-0.25, -0.2) is 13.4 Å². The number of carbonyl (C=O) groups excluding carboxylic acids is 1. The number of ether oxygens (including phenoxy) is 2. The molecule has 1 amide bonds. The van der Waals surface area contributed by atoms with Crippen molar-refractivity contribution in [1.82, 2.24) is 9.29 Å². The van der Waals surface area contributed by atoms with Gasteiger partial charge in [-0.1, -0.05) is 17.4 Å². The summed E-state index contributed by atoms with van der Waals surface area (Å²) in [6, 6.07) is 9.90. The van der Waals surface area contributed by atoms with Crippen molar-refractivity contribution in [1.29, 1.82) is 0 Å². The van der Waals surface area contributed by atoms with Crippen molar-refractivity contribution < 1.29 is 22.7 Å². The largest absolute Gasteiger partial charge is 0.454 e. The summed E-state index contributed by atoms with van der Waals surface area (Å²) < 4.78 is 39.1. The SMILES string of the molecule is CC(C)N(C(C)C)S(=O)(=O)c1ccc2nc(NC(=O)C=Cc3ccc4c(c3)OCO4)sc2c1. The Labute approximate surface area is 196 Å². The highest BCUT2D eigenvalue weighted by atomic mass is 32.2. The number of carbonyl (C=O) groups is 1. The van der Waals surface area contributed by atoms with Gasteiger partial charge in [0.2, 0.25) is 22.7 Å². The van der Waals surface area contributed by atoms with Gasteiger partial charge in [-0.05, 0) is 69.7 Å². The maximum absolute atomic E-state index is 13.1. The zero-order valence-corrected chi connectivity index (χ0v) is 20.4. The monoisotopic (exact) mass is 487 g/mol. The summed E-state index contributed by atoms with van der Waals surface area (Å²) in [4.78, 5) is 17.0. The number of thiazole rings is 1. The molecule has 0 unspecified atom stereocenters. The number of hydrogen-bond acceptors (Lipinski definition) is 7. The number of aromatic nitrogens is 1. The topological polar surface area (TPSA) is 97.8 Å². The molecular weight excluding hydrogens is 462 g/mol. The lowest BCUT2D eigenvalue weighted by molar-refractivity contribution is -0.111. The van der Waals surface area contributed by atoms with E-state index in [1.165, 1.54) is 21.7 Å². The van der Waals surface area contributed by atoms with Gasteiger partial charge in [-0.15, -0.1) is 0 Å². The number of nitrogens with zero attached hydrogens (tertiary/aromatic N) is 2. The molecule has 1 aliphatic rings. The highest BCUT2D eigenvalue weighted by Gasteiger charge is 2.29. The Bertz CT molecular complexity index is 1320. The van der Waals surface area contributed by atoms with Gasteiger partial charge in [0.25, 0.3) is 0 Å². The molecule has 4 rings (SSSR count). The Morgan fingerprint density at radius 3 is 2.55 bits per heavy atom. The average Bonchev–Trinajstić information content (AvgIpc) is 3.36. The van der Waals surface area contributed by atoms with Crippen LogP contribution >= 0.6 is 11.3 Å². The maximum Gasteiger partial charge on any atom is 0.250 e. The van der Waals surface area contributed by atoms with Crippen molar-refractivity contribution in [3.63, 3.8) is 0 Å². The molecular formula is C23H25N3O5S2. The van der Waals surface area contributed by atoms with Crippen molar-refractivity contribution in [3.8, 4) is 11.5 Å². The lowest BCUT2D eigenvalue weighted by atomic mass is 10.2. The van der Waals surface area contributed by atoms with Crippen LogP contribution in [0.4, 0.5) is 5.13 Å². The van der Waals surface area contributed by atoms with Crippen LogP contribution in [0.1, 0.15) is 33.3 Å². The highest BCUT2D eigenvalue weighted by molar-refractivity contribution is 7.89. The Morgan fingerprint density at radius 1 is 1.09 bits per heavy atom. The summed E-state index contributed by atoms with van der Waals surface area (Å²) in [5.74, 6) is 0.978. The van der Waals surface area contributed by atoms with Crippen molar-refractivity contribution >= 4 is 48.7 Å². The minimum atomic E-state index is -3.65. The highest BCUT2D eigenvalue weighted by Crippen LogP contribution is 2.33. The fraction of sp³-hybridized carbons (Fsp3) is 0.304. The molecule has 3 aromatic rings. The van der Waals surface area contributed by atoms with Gasteiger partial charge in [0.05, 0.1) is 15.1 Å². The third-order valence-electron chi connectivity index (χ3n) is 5.01. The van der Waals surface area contributed by atoms with Crippen molar-refractivity contribution in [2.45, 2.75) is 44.7 Å². The molecule has 8 nitrogen and oxygen atoms in total. The number of sulfonamides is 1. The van der Waals surface area contributed by atoms with Crippen molar-refractivity contribution in [2.24, 2.45) is 0 Å². The Kier molecular flexibility index (Phi) is 6.42. The molecule has 1 N–H and O–H groups in total. The Hall–Kier alpha value is -2.95. The van der Waals surface area contributed by atoms with Crippen LogP contribution in [0, 0.1) is 0 Å².